The normalized spacial score (nSPS) is 40.0. The molecule has 0 radical (unpaired) electrons. The molecule has 8 atom stereocenters. The highest BCUT2D eigenvalue weighted by molar-refractivity contribution is 5.19. The van der Waals surface area contributed by atoms with Gasteiger partial charge in [-0.3, -0.25) is 0 Å². The lowest BCUT2D eigenvalue weighted by Gasteiger charge is -2.50. The predicted molar refractivity (Wildman–Crippen MR) is 124 cm³/mol. The SMILES string of the molecule is C=CCOC1CCC2C(=CC[C@@H]3[C@@H]2CCC2[C@H]3CC[C@@H]2[C@H](C)CCCC(C)C)C1. The minimum atomic E-state index is 0.450. The minimum absolute atomic E-state index is 0.450. The summed E-state index contributed by atoms with van der Waals surface area (Å²) in [6.07, 6.45) is 20.7. The zero-order valence-corrected chi connectivity index (χ0v) is 19.5. The van der Waals surface area contributed by atoms with Gasteiger partial charge in [0, 0.05) is 0 Å². The molecule has 1 nitrogen and oxygen atoms in total. The van der Waals surface area contributed by atoms with Gasteiger partial charge >= 0.3 is 0 Å². The average molecular weight is 399 g/mol. The molecule has 0 bridgehead atoms. The van der Waals surface area contributed by atoms with Gasteiger partial charge in [-0.2, -0.15) is 0 Å². The van der Waals surface area contributed by atoms with Gasteiger partial charge in [-0.25, -0.2) is 0 Å². The molecule has 4 aliphatic carbocycles. The van der Waals surface area contributed by atoms with Crippen LogP contribution in [0.5, 0.6) is 0 Å². The van der Waals surface area contributed by atoms with Crippen LogP contribution in [0.15, 0.2) is 24.3 Å². The monoisotopic (exact) mass is 398 g/mol. The molecule has 0 amide bonds. The molecule has 29 heavy (non-hydrogen) atoms. The first-order valence-electron chi connectivity index (χ1n) is 13.0. The first kappa shape index (κ1) is 21.7. The van der Waals surface area contributed by atoms with Gasteiger partial charge in [-0.1, -0.05) is 57.8 Å². The van der Waals surface area contributed by atoms with E-state index in [4.69, 9.17) is 4.74 Å². The molecule has 164 valence electrons. The fraction of sp³-hybridized carbons (Fsp3) is 0.857. The Hall–Kier alpha value is -0.560. The molecular formula is C28H46O. The third kappa shape index (κ3) is 4.70. The Bertz CT molecular complexity index is 575. The Kier molecular flexibility index (Phi) is 7.26. The van der Waals surface area contributed by atoms with E-state index in [0.29, 0.717) is 6.10 Å². The topological polar surface area (TPSA) is 9.23 Å². The molecule has 3 fully saturated rings. The smallest absolute Gasteiger partial charge is 0.0648 e. The van der Waals surface area contributed by atoms with Crippen LogP contribution >= 0.6 is 0 Å². The van der Waals surface area contributed by atoms with Gasteiger partial charge in [0.15, 0.2) is 0 Å². The predicted octanol–water partition coefficient (Wildman–Crippen LogP) is 7.82. The molecule has 0 aliphatic heterocycles. The summed E-state index contributed by atoms with van der Waals surface area (Å²) in [6, 6.07) is 0. The number of ether oxygens (including phenoxy) is 1. The Morgan fingerprint density at radius 1 is 0.966 bits per heavy atom. The average Bonchev–Trinajstić information content (AvgIpc) is 3.16. The van der Waals surface area contributed by atoms with E-state index in [1.54, 1.807) is 5.57 Å². The Morgan fingerprint density at radius 3 is 2.55 bits per heavy atom. The summed E-state index contributed by atoms with van der Waals surface area (Å²) in [6.45, 7) is 11.9. The summed E-state index contributed by atoms with van der Waals surface area (Å²) in [5.74, 6) is 7.82. The summed E-state index contributed by atoms with van der Waals surface area (Å²) in [7, 11) is 0. The fourth-order valence-electron chi connectivity index (χ4n) is 8.05. The zero-order valence-electron chi connectivity index (χ0n) is 19.5. The maximum absolute atomic E-state index is 6.01. The second-order valence-electron chi connectivity index (χ2n) is 11.4. The van der Waals surface area contributed by atoms with Gasteiger partial charge in [0.25, 0.3) is 0 Å². The molecule has 0 aromatic heterocycles. The third-order valence-corrected chi connectivity index (χ3v) is 9.40. The molecule has 4 aliphatic rings. The number of hydrogen-bond donors (Lipinski definition) is 0. The summed E-state index contributed by atoms with van der Waals surface area (Å²) >= 11 is 0. The van der Waals surface area contributed by atoms with Crippen LogP contribution in [-0.4, -0.2) is 12.7 Å². The van der Waals surface area contributed by atoms with Crippen LogP contribution in [0.25, 0.3) is 0 Å². The summed E-state index contributed by atoms with van der Waals surface area (Å²) in [4.78, 5) is 0. The van der Waals surface area contributed by atoms with E-state index in [9.17, 15) is 0 Å². The van der Waals surface area contributed by atoms with E-state index in [-0.39, 0.29) is 0 Å². The Balaban J connectivity index is 1.36. The second kappa shape index (κ2) is 9.71. The van der Waals surface area contributed by atoms with E-state index in [0.717, 1.165) is 54.0 Å². The third-order valence-electron chi connectivity index (χ3n) is 9.40. The minimum Gasteiger partial charge on any atom is -0.374 e. The lowest BCUT2D eigenvalue weighted by Crippen LogP contribution is -2.42. The fourth-order valence-corrected chi connectivity index (χ4v) is 8.05. The van der Waals surface area contributed by atoms with Crippen molar-refractivity contribution in [3.05, 3.63) is 24.3 Å². The molecule has 4 rings (SSSR count). The zero-order chi connectivity index (χ0) is 20.4. The number of fused-ring (bicyclic) bond motifs is 5. The largest absolute Gasteiger partial charge is 0.374 e. The van der Waals surface area contributed by atoms with Gasteiger partial charge in [0.05, 0.1) is 12.7 Å². The summed E-state index contributed by atoms with van der Waals surface area (Å²) < 4.78 is 6.01. The molecule has 0 spiro atoms. The van der Waals surface area contributed by atoms with Crippen LogP contribution in [-0.2, 0) is 4.74 Å². The standard InChI is InChI=1S/C28H46O/c1-5-17-29-22-10-12-24-21(18-22)9-11-27-26(24)16-15-25-23(13-14-28(25)27)20(4)8-6-7-19(2)3/h5,9,19-20,22-28H,1,6-8,10-18H2,2-4H3/t20-,22?,23-,24?,25?,26-,27-,28-/m1/s1. The van der Waals surface area contributed by atoms with E-state index in [2.05, 4.69) is 33.4 Å². The van der Waals surface area contributed by atoms with Crippen LogP contribution in [0.3, 0.4) is 0 Å². The van der Waals surface area contributed by atoms with Crippen molar-refractivity contribution in [2.45, 2.75) is 97.5 Å². The molecule has 0 aromatic carbocycles. The van der Waals surface area contributed by atoms with E-state index in [1.165, 1.54) is 70.6 Å². The van der Waals surface area contributed by atoms with Crippen molar-refractivity contribution in [2.24, 2.45) is 47.3 Å². The van der Waals surface area contributed by atoms with E-state index < -0.39 is 0 Å². The first-order valence-corrected chi connectivity index (χ1v) is 13.0. The van der Waals surface area contributed by atoms with Gasteiger partial charge in [-0.15, -0.1) is 6.58 Å². The van der Waals surface area contributed by atoms with Gasteiger partial charge < -0.3 is 4.74 Å². The van der Waals surface area contributed by atoms with Crippen molar-refractivity contribution >= 4 is 0 Å². The molecule has 0 aromatic rings. The molecule has 0 N–H and O–H groups in total. The number of hydrogen-bond acceptors (Lipinski definition) is 1. The lowest BCUT2D eigenvalue weighted by molar-refractivity contribution is 0.00993. The Labute approximate surface area is 180 Å². The maximum atomic E-state index is 6.01. The molecule has 3 unspecified atom stereocenters. The summed E-state index contributed by atoms with van der Waals surface area (Å²) in [5, 5.41) is 0. The number of rotatable bonds is 8. The Morgan fingerprint density at radius 2 is 1.76 bits per heavy atom. The van der Waals surface area contributed by atoms with Crippen molar-refractivity contribution in [3.63, 3.8) is 0 Å². The molecule has 3 saturated carbocycles. The van der Waals surface area contributed by atoms with Crippen LogP contribution in [0.2, 0.25) is 0 Å². The van der Waals surface area contributed by atoms with Crippen molar-refractivity contribution in [3.8, 4) is 0 Å². The highest BCUT2D eigenvalue weighted by atomic mass is 16.5. The van der Waals surface area contributed by atoms with Gasteiger partial charge in [-0.05, 0) is 98.7 Å². The van der Waals surface area contributed by atoms with Crippen LogP contribution < -0.4 is 0 Å². The second-order valence-corrected chi connectivity index (χ2v) is 11.4. The molecule has 0 heterocycles. The molecular weight excluding hydrogens is 352 g/mol. The van der Waals surface area contributed by atoms with Crippen LogP contribution in [0.4, 0.5) is 0 Å². The lowest BCUT2D eigenvalue weighted by atomic mass is 9.56. The maximum Gasteiger partial charge on any atom is 0.0648 e. The van der Waals surface area contributed by atoms with Gasteiger partial charge in [0.1, 0.15) is 0 Å². The molecule has 1 heteroatoms. The van der Waals surface area contributed by atoms with Crippen molar-refractivity contribution in [1.82, 2.24) is 0 Å². The highest BCUT2D eigenvalue weighted by Crippen LogP contribution is 2.59. The van der Waals surface area contributed by atoms with Crippen LogP contribution in [0.1, 0.15) is 91.4 Å². The van der Waals surface area contributed by atoms with E-state index in [1.807, 2.05) is 6.08 Å². The van der Waals surface area contributed by atoms with Crippen molar-refractivity contribution in [2.75, 3.05) is 6.61 Å². The quantitative estimate of drug-likeness (QED) is 0.379. The molecule has 0 saturated heterocycles. The summed E-state index contributed by atoms with van der Waals surface area (Å²) in [5.41, 5.74) is 1.77. The van der Waals surface area contributed by atoms with Crippen molar-refractivity contribution < 1.29 is 4.74 Å². The first-order chi connectivity index (χ1) is 14.1. The van der Waals surface area contributed by atoms with Crippen molar-refractivity contribution in [1.29, 1.82) is 0 Å². The van der Waals surface area contributed by atoms with E-state index >= 15 is 0 Å². The highest BCUT2D eigenvalue weighted by Gasteiger charge is 2.50. The van der Waals surface area contributed by atoms with Gasteiger partial charge in [0.2, 0.25) is 0 Å². The van der Waals surface area contributed by atoms with Crippen LogP contribution in [0, 0.1) is 47.3 Å². The number of allylic oxidation sites excluding steroid dienone is 1.